The van der Waals surface area contributed by atoms with Crippen LogP contribution in [0.3, 0.4) is 0 Å². The largest absolute Gasteiger partial charge is 0.492 e. The molecular weight excluding hydrogens is 386 g/mol. The van der Waals surface area contributed by atoms with Crippen LogP contribution >= 0.6 is 11.3 Å². The van der Waals surface area contributed by atoms with Crippen molar-refractivity contribution in [3.63, 3.8) is 0 Å². The van der Waals surface area contributed by atoms with Gasteiger partial charge < -0.3 is 9.72 Å². The molecule has 4 aromatic rings. The summed E-state index contributed by atoms with van der Waals surface area (Å²) in [5, 5.41) is 5.20. The second-order valence-electron chi connectivity index (χ2n) is 7.16. The molecule has 1 aliphatic rings. The zero-order valence-electron chi connectivity index (χ0n) is 16.0. The lowest BCUT2D eigenvalue weighted by Gasteiger charge is -2.10. The Morgan fingerprint density at radius 2 is 2.07 bits per heavy atom. The number of nitrogens with one attached hydrogen (secondary N) is 1. The molecule has 3 aromatic heterocycles. The Bertz CT molecular complexity index is 1250. The molecule has 146 valence electrons. The number of hydrogen-bond donors (Lipinski definition) is 1. The summed E-state index contributed by atoms with van der Waals surface area (Å²) in [5.74, 6) is 1.57. The van der Waals surface area contributed by atoms with Gasteiger partial charge in [0.25, 0.3) is 0 Å². The minimum Gasteiger partial charge on any atom is -0.492 e. The van der Waals surface area contributed by atoms with Crippen molar-refractivity contribution in [3.8, 4) is 39.0 Å². The molecule has 1 aromatic carbocycles. The molecule has 0 saturated carbocycles. The van der Waals surface area contributed by atoms with Crippen LogP contribution in [0.1, 0.15) is 24.8 Å². The highest BCUT2D eigenvalue weighted by Gasteiger charge is 2.23. The lowest BCUT2D eigenvalue weighted by molar-refractivity contribution is 0.327. The summed E-state index contributed by atoms with van der Waals surface area (Å²) in [6.45, 7) is 4.74. The van der Waals surface area contributed by atoms with Gasteiger partial charge in [-0.05, 0) is 43.2 Å². The summed E-state index contributed by atoms with van der Waals surface area (Å²) in [5.41, 5.74) is 3.57. The Kier molecular flexibility index (Phi) is 4.28. The minimum atomic E-state index is -0.126. The van der Waals surface area contributed by atoms with E-state index in [0.717, 1.165) is 45.4 Å². The van der Waals surface area contributed by atoms with Gasteiger partial charge in [0.15, 0.2) is 10.8 Å². The molecule has 0 aliphatic carbocycles. The minimum absolute atomic E-state index is 0.126. The van der Waals surface area contributed by atoms with Crippen molar-refractivity contribution >= 4 is 11.3 Å². The van der Waals surface area contributed by atoms with Gasteiger partial charge in [0.05, 0.1) is 12.3 Å². The quantitative estimate of drug-likeness (QED) is 0.558. The number of H-pyrrole nitrogens is 1. The molecule has 0 spiro atoms. The molecule has 8 heteroatoms. The van der Waals surface area contributed by atoms with E-state index in [9.17, 15) is 4.79 Å². The average Bonchev–Trinajstić information content (AvgIpc) is 3.32. The molecule has 0 fully saturated rings. The summed E-state index contributed by atoms with van der Waals surface area (Å²) in [6, 6.07) is 9.68. The number of hydrogen-bond acceptors (Lipinski definition) is 6. The number of thiazole rings is 1. The second kappa shape index (κ2) is 6.97. The Hall–Kier alpha value is -3.26. The molecule has 5 rings (SSSR count). The van der Waals surface area contributed by atoms with E-state index < -0.39 is 0 Å². The Balaban J connectivity index is 1.60. The summed E-state index contributed by atoms with van der Waals surface area (Å²) in [7, 11) is 0. The number of pyridine rings is 1. The van der Waals surface area contributed by atoms with E-state index in [1.165, 1.54) is 4.88 Å². The number of nitrogens with zero attached hydrogens (tertiary/aromatic N) is 4. The number of fused-ring (bicyclic) bond motifs is 3. The van der Waals surface area contributed by atoms with Crippen LogP contribution in [0.25, 0.3) is 33.2 Å². The molecule has 7 nitrogen and oxygen atoms in total. The SMILES string of the molecule is CC(C)n1ncnc1-c1nc2c(s1)CCOc1cc(-c3cc[nH]c(=O)c3)ccc1-2. The lowest BCUT2D eigenvalue weighted by atomic mass is 10.0. The van der Waals surface area contributed by atoms with Crippen molar-refractivity contribution in [2.24, 2.45) is 0 Å². The van der Waals surface area contributed by atoms with Crippen LogP contribution in [0.2, 0.25) is 0 Å². The molecule has 29 heavy (non-hydrogen) atoms. The second-order valence-corrected chi connectivity index (χ2v) is 8.25. The van der Waals surface area contributed by atoms with Crippen molar-refractivity contribution in [3.05, 3.63) is 58.1 Å². The molecule has 0 amide bonds. The fourth-order valence-corrected chi connectivity index (χ4v) is 4.55. The predicted octanol–water partition coefficient (Wildman–Crippen LogP) is 3.94. The van der Waals surface area contributed by atoms with Gasteiger partial charge in [0.2, 0.25) is 5.56 Å². The van der Waals surface area contributed by atoms with Crippen LogP contribution in [0.5, 0.6) is 5.75 Å². The van der Waals surface area contributed by atoms with E-state index in [1.807, 2.05) is 28.9 Å². The number of rotatable bonds is 3. The molecule has 0 unspecified atom stereocenters. The third-order valence-corrected chi connectivity index (χ3v) is 5.99. The maximum Gasteiger partial charge on any atom is 0.248 e. The molecule has 0 saturated heterocycles. The highest BCUT2D eigenvalue weighted by atomic mass is 32.1. The van der Waals surface area contributed by atoms with Gasteiger partial charge in [0.1, 0.15) is 12.1 Å². The van der Waals surface area contributed by atoms with E-state index >= 15 is 0 Å². The highest BCUT2D eigenvalue weighted by Crippen LogP contribution is 2.41. The van der Waals surface area contributed by atoms with Crippen molar-refractivity contribution in [1.29, 1.82) is 0 Å². The topological polar surface area (TPSA) is 85.7 Å². The number of ether oxygens (including phenoxy) is 1. The fourth-order valence-electron chi connectivity index (χ4n) is 3.50. The third-order valence-electron chi connectivity index (χ3n) is 4.88. The monoisotopic (exact) mass is 405 g/mol. The van der Waals surface area contributed by atoms with Crippen LogP contribution in [0.4, 0.5) is 0 Å². The van der Waals surface area contributed by atoms with E-state index in [1.54, 1.807) is 29.9 Å². The molecule has 0 bridgehead atoms. The normalized spacial score (nSPS) is 12.9. The first-order chi connectivity index (χ1) is 14.1. The van der Waals surface area contributed by atoms with Crippen molar-refractivity contribution in [2.45, 2.75) is 26.3 Å². The number of aromatic nitrogens is 5. The fraction of sp³-hybridized carbons (Fsp3) is 0.238. The summed E-state index contributed by atoms with van der Waals surface area (Å²) < 4.78 is 7.92. The molecule has 1 aliphatic heterocycles. The first-order valence-corrected chi connectivity index (χ1v) is 10.3. The van der Waals surface area contributed by atoms with Crippen LogP contribution < -0.4 is 10.3 Å². The van der Waals surface area contributed by atoms with Gasteiger partial charge in [0, 0.05) is 35.2 Å². The van der Waals surface area contributed by atoms with E-state index in [4.69, 9.17) is 9.72 Å². The molecule has 0 radical (unpaired) electrons. The number of benzene rings is 1. The predicted molar refractivity (Wildman–Crippen MR) is 112 cm³/mol. The van der Waals surface area contributed by atoms with Crippen molar-refractivity contribution < 1.29 is 4.74 Å². The van der Waals surface area contributed by atoms with Crippen LogP contribution in [0.15, 0.2) is 47.7 Å². The van der Waals surface area contributed by atoms with Gasteiger partial charge in [-0.2, -0.15) is 5.10 Å². The van der Waals surface area contributed by atoms with Gasteiger partial charge in [-0.3, -0.25) is 4.79 Å². The average molecular weight is 405 g/mol. The van der Waals surface area contributed by atoms with Gasteiger partial charge >= 0.3 is 0 Å². The summed E-state index contributed by atoms with van der Waals surface area (Å²) in [6.07, 6.45) is 4.02. The Morgan fingerprint density at radius 1 is 1.21 bits per heavy atom. The first-order valence-electron chi connectivity index (χ1n) is 9.46. The first kappa shape index (κ1) is 17.8. The zero-order valence-corrected chi connectivity index (χ0v) is 16.9. The van der Waals surface area contributed by atoms with E-state index in [0.29, 0.717) is 6.61 Å². The van der Waals surface area contributed by atoms with Gasteiger partial charge in [-0.15, -0.1) is 11.3 Å². The van der Waals surface area contributed by atoms with Crippen molar-refractivity contribution in [2.75, 3.05) is 6.61 Å². The maximum atomic E-state index is 11.7. The van der Waals surface area contributed by atoms with Gasteiger partial charge in [-0.25, -0.2) is 14.6 Å². The Morgan fingerprint density at radius 3 is 2.90 bits per heavy atom. The third kappa shape index (κ3) is 3.15. The number of aromatic amines is 1. The molecular formula is C21H19N5O2S. The smallest absolute Gasteiger partial charge is 0.248 e. The Labute approximate surface area is 171 Å². The van der Waals surface area contributed by atoms with E-state index in [2.05, 4.69) is 28.9 Å². The van der Waals surface area contributed by atoms with Crippen molar-refractivity contribution in [1.82, 2.24) is 24.7 Å². The zero-order chi connectivity index (χ0) is 20.0. The van der Waals surface area contributed by atoms with Crippen LogP contribution in [-0.4, -0.2) is 31.3 Å². The molecule has 0 atom stereocenters. The van der Waals surface area contributed by atoms with Gasteiger partial charge in [-0.1, -0.05) is 6.07 Å². The standard InChI is InChI=1S/C21H19N5O2S/c1-12(2)26-20(23-11-24-26)21-25-19-15-4-3-13(14-5-7-22-18(27)10-14)9-16(15)28-8-6-17(19)29-21/h3-5,7,9-12H,6,8H2,1-2H3,(H,22,27). The maximum absolute atomic E-state index is 11.7. The molecule has 4 heterocycles. The van der Waals surface area contributed by atoms with Crippen LogP contribution in [0, 0.1) is 0 Å². The van der Waals surface area contributed by atoms with E-state index in [-0.39, 0.29) is 11.6 Å². The van der Waals surface area contributed by atoms with Crippen LogP contribution in [-0.2, 0) is 6.42 Å². The molecule has 1 N–H and O–H groups in total. The summed E-state index contributed by atoms with van der Waals surface area (Å²) >= 11 is 1.64. The lowest BCUT2D eigenvalue weighted by Crippen LogP contribution is -2.04. The summed E-state index contributed by atoms with van der Waals surface area (Å²) in [4.78, 5) is 24.8. The highest BCUT2D eigenvalue weighted by molar-refractivity contribution is 7.15.